The number of nitrogens with zero attached hydrogens (tertiary/aromatic N) is 1. The SMILES string of the molecule is CCOC(=O)/C(C#N)=C\c1cc(C)sc1SC. The van der Waals surface area contributed by atoms with E-state index in [0.717, 1.165) is 14.6 Å². The molecule has 0 spiro atoms. The number of thiophene rings is 1. The average molecular weight is 267 g/mol. The van der Waals surface area contributed by atoms with Gasteiger partial charge in [-0.2, -0.15) is 5.26 Å². The standard InChI is InChI=1S/C12H13NO2S2/c1-4-15-11(14)10(7-13)6-9-5-8(2)17-12(9)16-3/h5-6H,4H2,1-3H3/b10-6-. The van der Waals surface area contributed by atoms with Gasteiger partial charge in [0.05, 0.1) is 10.8 Å². The molecule has 0 aliphatic rings. The topological polar surface area (TPSA) is 50.1 Å². The van der Waals surface area contributed by atoms with Gasteiger partial charge in [-0.25, -0.2) is 4.79 Å². The summed E-state index contributed by atoms with van der Waals surface area (Å²) in [6.45, 7) is 3.99. The van der Waals surface area contributed by atoms with Crippen LogP contribution in [-0.4, -0.2) is 18.8 Å². The fourth-order valence-corrected chi connectivity index (χ4v) is 3.07. The Morgan fingerprint density at radius 3 is 2.94 bits per heavy atom. The summed E-state index contributed by atoms with van der Waals surface area (Å²) in [5.41, 5.74) is 0.949. The lowest BCUT2D eigenvalue weighted by Gasteiger charge is -1.99. The fraction of sp³-hybridized carbons (Fsp3) is 0.333. The average Bonchev–Trinajstić information content (AvgIpc) is 2.66. The second-order valence-electron chi connectivity index (χ2n) is 3.19. The number of ether oxygens (including phenoxy) is 1. The Kier molecular flexibility index (Phi) is 5.26. The van der Waals surface area contributed by atoms with E-state index in [-0.39, 0.29) is 12.2 Å². The lowest BCUT2D eigenvalue weighted by Crippen LogP contribution is -2.05. The maximum atomic E-state index is 11.5. The summed E-state index contributed by atoms with van der Waals surface area (Å²) in [6.07, 6.45) is 3.56. The molecule has 0 atom stereocenters. The van der Waals surface area contributed by atoms with Crippen molar-refractivity contribution in [3.8, 4) is 6.07 Å². The van der Waals surface area contributed by atoms with Gasteiger partial charge in [0, 0.05) is 10.4 Å². The molecule has 1 aromatic heterocycles. The van der Waals surface area contributed by atoms with Gasteiger partial charge in [0.2, 0.25) is 0 Å². The zero-order valence-electron chi connectivity index (χ0n) is 9.94. The first-order valence-electron chi connectivity index (χ1n) is 5.05. The number of nitriles is 1. The number of carbonyl (C=O) groups excluding carboxylic acids is 1. The lowest BCUT2D eigenvalue weighted by atomic mass is 10.2. The Hall–Kier alpha value is -1.25. The van der Waals surface area contributed by atoms with E-state index < -0.39 is 5.97 Å². The maximum absolute atomic E-state index is 11.5. The molecule has 0 amide bonds. The highest BCUT2D eigenvalue weighted by Gasteiger charge is 2.12. The molecule has 0 aromatic carbocycles. The minimum atomic E-state index is -0.564. The summed E-state index contributed by atoms with van der Waals surface area (Å²) in [5, 5.41) is 8.93. The van der Waals surface area contributed by atoms with E-state index in [0.29, 0.717) is 0 Å². The molecule has 17 heavy (non-hydrogen) atoms. The van der Waals surface area contributed by atoms with Crippen LogP contribution in [0.5, 0.6) is 0 Å². The van der Waals surface area contributed by atoms with Crippen LogP contribution in [0.3, 0.4) is 0 Å². The first kappa shape index (κ1) is 13.8. The van der Waals surface area contributed by atoms with E-state index in [1.807, 2.05) is 25.3 Å². The quantitative estimate of drug-likeness (QED) is 0.364. The molecule has 3 nitrogen and oxygen atoms in total. The molecule has 0 unspecified atom stereocenters. The number of thioether (sulfide) groups is 1. The van der Waals surface area contributed by atoms with Crippen LogP contribution >= 0.6 is 23.1 Å². The second kappa shape index (κ2) is 6.48. The Morgan fingerprint density at radius 1 is 1.71 bits per heavy atom. The van der Waals surface area contributed by atoms with Gasteiger partial charge in [0.25, 0.3) is 0 Å². The predicted molar refractivity (Wildman–Crippen MR) is 71.1 cm³/mol. The Balaban J connectivity index is 3.06. The van der Waals surface area contributed by atoms with Crippen molar-refractivity contribution >= 4 is 35.1 Å². The van der Waals surface area contributed by atoms with E-state index in [2.05, 4.69) is 0 Å². The number of hydrogen-bond donors (Lipinski definition) is 0. The molecule has 0 saturated carbocycles. The van der Waals surface area contributed by atoms with E-state index in [4.69, 9.17) is 10.00 Å². The largest absolute Gasteiger partial charge is 0.462 e. The van der Waals surface area contributed by atoms with Gasteiger partial charge in [-0.05, 0) is 32.2 Å². The molecule has 0 aliphatic heterocycles. The zero-order valence-corrected chi connectivity index (χ0v) is 11.6. The normalized spacial score (nSPS) is 11.1. The predicted octanol–water partition coefficient (Wildman–Crippen LogP) is 3.25. The van der Waals surface area contributed by atoms with Crippen molar-refractivity contribution < 1.29 is 9.53 Å². The molecule has 0 fully saturated rings. The molecule has 90 valence electrons. The first-order chi connectivity index (χ1) is 8.12. The third kappa shape index (κ3) is 3.62. The summed E-state index contributed by atoms with van der Waals surface area (Å²) < 4.78 is 5.91. The van der Waals surface area contributed by atoms with Gasteiger partial charge in [0.1, 0.15) is 11.6 Å². The van der Waals surface area contributed by atoms with Crippen molar-refractivity contribution in [2.24, 2.45) is 0 Å². The maximum Gasteiger partial charge on any atom is 0.348 e. The van der Waals surface area contributed by atoms with Crippen LogP contribution in [-0.2, 0) is 9.53 Å². The number of aryl methyl sites for hydroxylation is 1. The van der Waals surface area contributed by atoms with E-state index in [9.17, 15) is 4.79 Å². The number of hydrogen-bond acceptors (Lipinski definition) is 5. The monoisotopic (exact) mass is 267 g/mol. The minimum absolute atomic E-state index is 0.0416. The molecule has 0 saturated heterocycles. The highest BCUT2D eigenvalue weighted by Crippen LogP contribution is 2.31. The molecule has 1 rings (SSSR count). The summed E-state index contributed by atoms with van der Waals surface area (Å²) >= 11 is 3.25. The van der Waals surface area contributed by atoms with Crippen molar-refractivity contribution in [3.63, 3.8) is 0 Å². The Labute approximate surface area is 109 Å². The van der Waals surface area contributed by atoms with E-state index in [1.165, 1.54) is 0 Å². The van der Waals surface area contributed by atoms with Crippen molar-refractivity contribution in [3.05, 3.63) is 22.1 Å². The van der Waals surface area contributed by atoms with E-state index >= 15 is 0 Å². The number of carbonyl (C=O) groups is 1. The van der Waals surface area contributed by atoms with Crippen LogP contribution in [0.2, 0.25) is 0 Å². The minimum Gasteiger partial charge on any atom is -0.462 e. The molecule has 0 bridgehead atoms. The Bertz CT molecular complexity index is 483. The third-order valence-electron chi connectivity index (χ3n) is 1.95. The van der Waals surface area contributed by atoms with Crippen LogP contribution in [0.25, 0.3) is 6.08 Å². The molecule has 0 aliphatic carbocycles. The first-order valence-corrected chi connectivity index (χ1v) is 7.09. The lowest BCUT2D eigenvalue weighted by molar-refractivity contribution is -0.137. The van der Waals surface area contributed by atoms with E-state index in [1.54, 1.807) is 36.1 Å². The van der Waals surface area contributed by atoms with Crippen LogP contribution in [0, 0.1) is 18.3 Å². The molecular formula is C12H13NO2S2. The van der Waals surface area contributed by atoms with Gasteiger partial charge in [0.15, 0.2) is 0 Å². The summed E-state index contributed by atoms with van der Waals surface area (Å²) in [6, 6.07) is 3.84. The molecule has 1 heterocycles. The summed E-state index contributed by atoms with van der Waals surface area (Å²) in [5.74, 6) is -0.564. The zero-order chi connectivity index (χ0) is 12.8. The molecular weight excluding hydrogens is 254 g/mol. The smallest absolute Gasteiger partial charge is 0.348 e. The van der Waals surface area contributed by atoms with Crippen molar-refractivity contribution in [1.82, 2.24) is 0 Å². The highest BCUT2D eigenvalue weighted by molar-refractivity contribution is 8.00. The molecule has 5 heteroatoms. The van der Waals surface area contributed by atoms with Crippen LogP contribution in [0.15, 0.2) is 15.8 Å². The van der Waals surface area contributed by atoms with Crippen LogP contribution < -0.4 is 0 Å². The van der Waals surface area contributed by atoms with Crippen molar-refractivity contribution in [1.29, 1.82) is 5.26 Å². The second-order valence-corrected chi connectivity index (χ2v) is 5.53. The fourth-order valence-electron chi connectivity index (χ4n) is 1.27. The van der Waals surface area contributed by atoms with Crippen LogP contribution in [0.4, 0.5) is 0 Å². The van der Waals surface area contributed by atoms with Crippen molar-refractivity contribution in [2.75, 3.05) is 12.9 Å². The van der Waals surface area contributed by atoms with Crippen LogP contribution in [0.1, 0.15) is 17.4 Å². The molecule has 1 aromatic rings. The van der Waals surface area contributed by atoms with Crippen molar-refractivity contribution in [2.45, 2.75) is 18.1 Å². The third-order valence-corrected chi connectivity index (χ3v) is 4.17. The van der Waals surface area contributed by atoms with Gasteiger partial charge < -0.3 is 4.74 Å². The summed E-state index contributed by atoms with van der Waals surface area (Å²) in [7, 11) is 0. The Morgan fingerprint density at radius 2 is 2.41 bits per heavy atom. The molecule has 0 N–H and O–H groups in total. The van der Waals surface area contributed by atoms with Gasteiger partial charge in [-0.1, -0.05) is 0 Å². The number of esters is 1. The van der Waals surface area contributed by atoms with Gasteiger partial charge >= 0.3 is 5.97 Å². The van der Waals surface area contributed by atoms with Gasteiger partial charge in [-0.15, -0.1) is 23.1 Å². The summed E-state index contributed by atoms with van der Waals surface area (Å²) in [4.78, 5) is 12.6. The highest BCUT2D eigenvalue weighted by atomic mass is 32.2. The molecule has 0 radical (unpaired) electrons. The van der Waals surface area contributed by atoms with Gasteiger partial charge in [-0.3, -0.25) is 0 Å². The number of rotatable bonds is 4.